The summed E-state index contributed by atoms with van der Waals surface area (Å²) >= 11 is 1.42. The van der Waals surface area contributed by atoms with Crippen molar-refractivity contribution in [2.75, 3.05) is 0 Å². The van der Waals surface area contributed by atoms with Gasteiger partial charge in [-0.15, -0.1) is 10.2 Å². The summed E-state index contributed by atoms with van der Waals surface area (Å²) < 4.78 is 10.7. The molecule has 0 amide bonds. The number of aryl methyl sites for hydroxylation is 1. The van der Waals surface area contributed by atoms with Gasteiger partial charge in [0.25, 0.3) is 5.22 Å². The molecule has 0 fully saturated rings. The maximum Gasteiger partial charge on any atom is 0.277 e. The predicted molar refractivity (Wildman–Crippen MR) is 60.0 cm³/mol. The van der Waals surface area contributed by atoms with Crippen molar-refractivity contribution in [3.05, 3.63) is 30.0 Å². The van der Waals surface area contributed by atoms with Crippen LogP contribution in [0.15, 0.2) is 32.5 Å². The third kappa shape index (κ3) is 2.45. The van der Waals surface area contributed by atoms with Crippen molar-refractivity contribution in [1.82, 2.24) is 10.2 Å². The Kier molecular flexibility index (Phi) is 3.31. The largest absolute Gasteiger partial charge is 0.468 e. The molecule has 0 radical (unpaired) electrons. The summed E-state index contributed by atoms with van der Waals surface area (Å²) in [5, 5.41) is 8.19. The Morgan fingerprint density at radius 3 is 2.75 bits per heavy atom. The van der Waals surface area contributed by atoms with Crippen LogP contribution in [0.3, 0.4) is 0 Å². The molecule has 2 N–H and O–H groups in total. The highest BCUT2D eigenvalue weighted by molar-refractivity contribution is 7.99. The van der Waals surface area contributed by atoms with Crippen molar-refractivity contribution in [2.24, 2.45) is 5.73 Å². The molecule has 0 aliphatic rings. The molecule has 16 heavy (non-hydrogen) atoms. The van der Waals surface area contributed by atoms with Gasteiger partial charge in [-0.25, -0.2) is 0 Å². The average molecular weight is 239 g/mol. The van der Waals surface area contributed by atoms with Crippen LogP contribution >= 0.6 is 11.8 Å². The number of thioether (sulfide) groups is 1. The fourth-order valence-corrected chi connectivity index (χ4v) is 2.25. The van der Waals surface area contributed by atoms with Crippen LogP contribution < -0.4 is 5.73 Å². The second-order valence-corrected chi connectivity index (χ2v) is 4.59. The van der Waals surface area contributed by atoms with E-state index in [4.69, 9.17) is 14.6 Å². The van der Waals surface area contributed by atoms with Crippen molar-refractivity contribution >= 4 is 11.8 Å². The van der Waals surface area contributed by atoms with Crippen molar-refractivity contribution < 1.29 is 8.83 Å². The fraction of sp³-hybridized carbons (Fsp3) is 0.400. The number of hydrogen-bond donors (Lipinski definition) is 1. The fourth-order valence-electron chi connectivity index (χ4n) is 1.31. The second-order valence-electron chi connectivity index (χ2n) is 3.50. The van der Waals surface area contributed by atoms with E-state index in [-0.39, 0.29) is 11.3 Å². The lowest BCUT2D eigenvalue weighted by molar-refractivity contribution is 0.424. The van der Waals surface area contributed by atoms with Gasteiger partial charge in [-0.05, 0) is 19.1 Å². The number of aromatic nitrogens is 2. The number of rotatable bonds is 4. The highest BCUT2D eigenvalue weighted by atomic mass is 32.2. The Balaban J connectivity index is 2.15. The van der Waals surface area contributed by atoms with Crippen molar-refractivity contribution in [3.63, 3.8) is 0 Å². The van der Waals surface area contributed by atoms with Crippen LogP contribution in [-0.4, -0.2) is 16.2 Å². The van der Waals surface area contributed by atoms with E-state index in [1.807, 2.05) is 19.1 Å². The molecule has 0 bridgehead atoms. The summed E-state index contributed by atoms with van der Waals surface area (Å²) in [5.41, 5.74) is 5.91. The summed E-state index contributed by atoms with van der Waals surface area (Å²) in [6.45, 7) is 3.67. The van der Waals surface area contributed by atoms with E-state index >= 15 is 0 Å². The van der Waals surface area contributed by atoms with Crippen LogP contribution in [0, 0.1) is 6.92 Å². The first-order chi connectivity index (χ1) is 7.66. The monoisotopic (exact) mass is 239 g/mol. The minimum absolute atomic E-state index is 0.0187. The van der Waals surface area contributed by atoms with Gasteiger partial charge in [-0.1, -0.05) is 11.8 Å². The van der Waals surface area contributed by atoms with Crippen molar-refractivity contribution in [3.8, 4) is 0 Å². The number of nitrogens with two attached hydrogens (primary N) is 1. The molecule has 0 aliphatic heterocycles. The second kappa shape index (κ2) is 4.71. The average Bonchev–Trinajstić information content (AvgIpc) is 2.84. The molecule has 0 saturated carbocycles. The standard InChI is InChI=1S/C10H13N3O2S/c1-6(11)9(8-4-3-5-14-8)16-10-13-12-7(2)15-10/h3-6,9H,11H2,1-2H3. The summed E-state index contributed by atoms with van der Waals surface area (Å²) in [4.78, 5) is 0. The van der Waals surface area contributed by atoms with E-state index in [1.54, 1.807) is 13.2 Å². The van der Waals surface area contributed by atoms with Crippen LogP contribution in [0.2, 0.25) is 0 Å². The molecule has 2 aromatic rings. The van der Waals surface area contributed by atoms with Gasteiger partial charge in [0.1, 0.15) is 5.76 Å². The zero-order valence-electron chi connectivity index (χ0n) is 9.08. The van der Waals surface area contributed by atoms with E-state index < -0.39 is 0 Å². The zero-order valence-corrected chi connectivity index (χ0v) is 9.90. The third-order valence-corrected chi connectivity index (χ3v) is 3.32. The van der Waals surface area contributed by atoms with Crippen molar-refractivity contribution in [1.29, 1.82) is 0 Å². The van der Waals surface area contributed by atoms with E-state index in [0.29, 0.717) is 11.1 Å². The molecule has 0 spiro atoms. The number of hydrogen-bond acceptors (Lipinski definition) is 6. The van der Waals surface area contributed by atoms with Crippen molar-refractivity contribution in [2.45, 2.75) is 30.4 Å². The Labute approximate surface area is 97.4 Å². The molecule has 0 saturated heterocycles. The maximum atomic E-state index is 5.91. The Morgan fingerprint density at radius 2 is 2.25 bits per heavy atom. The summed E-state index contributed by atoms with van der Waals surface area (Å²) in [6.07, 6.45) is 1.63. The molecule has 2 atom stereocenters. The molecule has 2 aromatic heterocycles. The van der Waals surface area contributed by atoms with Crippen LogP contribution in [0.5, 0.6) is 0 Å². The molecular weight excluding hydrogens is 226 g/mol. The molecular formula is C10H13N3O2S. The Morgan fingerprint density at radius 1 is 1.44 bits per heavy atom. The lowest BCUT2D eigenvalue weighted by Crippen LogP contribution is -2.22. The van der Waals surface area contributed by atoms with E-state index in [1.165, 1.54) is 11.8 Å². The van der Waals surface area contributed by atoms with Gasteiger partial charge < -0.3 is 14.6 Å². The topological polar surface area (TPSA) is 78.1 Å². The molecule has 2 heterocycles. The summed E-state index contributed by atoms with van der Waals surface area (Å²) in [7, 11) is 0. The highest BCUT2D eigenvalue weighted by Crippen LogP contribution is 2.36. The molecule has 2 rings (SSSR count). The van der Waals surface area contributed by atoms with Gasteiger partial charge >= 0.3 is 0 Å². The summed E-state index contributed by atoms with van der Waals surface area (Å²) in [5.74, 6) is 1.36. The minimum Gasteiger partial charge on any atom is -0.468 e. The first-order valence-electron chi connectivity index (χ1n) is 4.92. The van der Waals surface area contributed by atoms with Crippen LogP contribution in [0.4, 0.5) is 0 Å². The van der Waals surface area contributed by atoms with Crippen LogP contribution in [0.1, 0.15) is 23.8 Å². The SMILES string of the molecule is Cc1nnc(SC(c2ccco2)C(C)N)o1. The highest BCUT2D eigenvalue weighted by Gasteiger charge is 2.23. The smallest absolute Gasteiger partial charge is 0.277 e. The molecule has 2 unspecified atom stereocenters. The Bertz CT molecular complexity index is 439. The van der Waals surface area contributed by atoms with Gasteiger partial charge in [0.05, 0.1) is 11.5 Å². The Hall–Kier alpha value is -1.27. The van der Waals surface area contributed by atoms with Crippen LogP contribution in [-0.2, 0) is 0 Å². The van der Waals surface area contributed by atoms with Gasteiger partial charge in [0.15, 0.2) is 0 Å². The zero-order chi connectivity index (χ0) is 11.5. The van der Waals surface area contributed by atoms with Gasteiger partial charge in [0, 0.05) is 13.0 Å². The number of furan rings is 1. The third-order valence-electron chi connectivity index (χ3n) is 2.04. The van der Waals surface area contributed by atoms with Crippen LogP contribution in [0.25, 0.3) is 0 Å². The van der Waals surface area contributed by atoms with Gasteiger partial charge in [-0.3, -0.25) is 0 Å². The molecule has 0 aromatic carbocycles. The van der Waals surface area contributed by atoms with Gasteiger partial charge in [0.2, 0.25) is 5.89 Å². The normalized spacial score (nSPS) is 14.9. The first kappa shape index (κ1) is 11.2. The molecule has 5 nitrogen and oxygen atoms in total. The minimum atomic E-state index is -0.0663. The molecule has 86 valence electrons. The maximum absolute atomic E-state index is 5.91. The predicted octanol–water partition coefficient (Wildman–Crippen LogP) is 2.15. The number of nitrogens with zero attached hydrogens (tertiary/aromatic N) is 2. The lowest BCUT2D eigenvalue weighted by atomic mass is 10.2. The van der Waals surface area contributed by atoms with E-state index in [9.17, 15) is 0 Å². The lowest BCUT2D eigenvalue weighted by Gasteiger charge is -2.15. The van der Waals surface area contributed by atoms with E-state index in [0.717, 1.165) is 5.76 Å². The van der Waals surface area contributed by atoms with E-state index in [2.05, 4.69) is 10.2 Å². The quantitative estimate of drug-likeness (QED) is 0.824. The summed E-state index contributed by atoms with van der Waals surface area (Å²) in [6, 6.07) is 3.66. The van der Waals surface area contributed by atoms with Gasteiger partial charge in [-0.2, -0.15) is 0 Å². The first-order valence-corrected chi connectivity index (χ1v) is 5.80. The molecule has 0 aliphatic carbocycles. The molecule has 6 heteroatoms.